The monoisotopic (exact) mass is 359 g/mol. The van der Waals surface area contributed by atoms with Gasteiger partial charge in [-0.05, 0) is 59.1 Å². The number of likely N-dealkylation sites (tertiary alicyclic amines) is 1. The molecular weight excluding hydrogens is 329 g/mol. The molecule has 3 heterocycles. The Bertz CT molecular complexity index is 662. The predicted octanol–water partition coefficient (Wildman–Crippen LogP) is 2.11. The molecule has 7 heteroatoms. The minimum atomic E-state index is -0.386. The molecule has 2 saturated heterocycles. The van der Waals surface area contributed by atoms with E-state index in [-0.39, 0.29) is 24.2 Å². The molecule has 0 aliphatic carbocycles. The lowest BCUT2D eigenvalue weighted by Gasteiger charge is -2.32. The number of anilines is 1. The van der Waals surface area contributed by atoms with Gasteiger partial charge in [-0.15, -0.1) is 0 Å². The zero-order chi connectivity index (χ0) is 18.9. The van der Waals surface area contributed by atoms with Gasteiger partial charge in [0.2, 0.25) is 5.91 Å². The number of carbonyl (C=O) groups excluding carboxylic acids is 1. The first-order valence-corrected chi connectivity index (χ1v) is 9.53. The molecule has 2 fully saturated rings. The van der Waals surface area contributed by atoms with Crippen molar-refractivity contribution in [3.05, 3.63) is 17.8 Å². The van der Waals surface area contributed by atoms with E-state index in [9.17, 15) is 4.79 Å². The summed E-state index contributed by atoms with van der Waals surface area (Å²) in [6.45, 7) is 12.8. The van der Waals surface area contributed by atoms with Crippen molar-refractivity contribution in [1.29, 1.82) is 0 Å². The summed E-state index contributed by atoms with van der Waals surface area (Å²) in [4.78, 5) is 18.1. The highest BCUT2D eigenvalue weighted by Crippen LogP contribution is 2.36. The van der Waals surface area contributed by atoms with Gasteiger partial charge in [0.15, 0.2) is 0 Å². The van der Waals surface area contributed by atoms with Crippen LogP contribution in [0.2, 0.25) is 0 Å². The zero-order valence-corrected chi connectivity index (χ0v) is 16.6. The number of pyridine rings is 1. The Balaban J connectivity index is 1.54. The van der Waals surface area contributed by atoms with Crippen LogP contribution in [0.1, 0.15) is 52.5 Å². The first-order chi connectivity index (χ1) is 12.2. The highest BCUT2D eigenvalue weighted by atomic mass is 16.7. The lowest BCUT2D eigenvalue weighted by Crippen LogP contribution is -2.41. The van der Waals surface area contributed by atoms with Crippen LogP contribution in [0.3, 0.4) is 0 Å². The van der Waals surface area contributed by atoms with Gasteiger partial charge < -0.3 is 19.5 Å². The second-order valence-corrected chi connectivity index (χ2v) is 8.28. The maximum atomic E-state index is 11.6. The molecule has 0 radical (unpaired) electrons. The zero-order valence-electron chi connectivity index (χ0n) is 16.6. The number of amides is 1. The minimum Gasteiger partial charge on any atom is -0.399 e. The summed E-state index contributed by atoms with van der Waals surface area (Å²) in [5, 5.41) is 3.34. The molecular formula is C19H30BN3O3. The lowest BCUT2D eigenvalue weighted by atomic mass is 9.77. The summed E-state index contributed by atoms with van der Waals surface area (Å²) in [5.74, 6) is 1.13. The number of aryl methyl sites for hydroxylation is 1. The summed E-state index contributed by atoms with van der Waals surface area (Å²) in [6, 6.07) is 2.03. The minimum absolute atomic E-state index is 0.283. The van der Waals surface area contributed by atoms with Gasteiger partial charge in [-0.25, -0.2) is 4.98 Å². The van der Waals surface area contributed by atoms with Gasteiger partial charge in [0, 0.05) is 37.7 Å². The van der Waals surface area contributed by atoms with Crippen molar-refractivity contribution in [2.45, 2.75) is 65.1 Å². The van der Waals surface area contributed by atoms with E-state index >= 15 is 0 Å². The van der Waals surface area contributed by atoms with Crippen LogP contribution in [0.5, 0.6) is 0 Å². The molecule has 1 aromatic heterocycles. The normalized spacial score (nSPS) is 21.5. The molecule has 0 atom stereocenters. The summed E-state index contributed by atoms with van der Waals surface area (Å²) in [5.41, 5.74) is 1.36. The molecule has 0 spiro atoms. The van der Waals surface area contributed by atoms with Crippen molar-refractivity contribution < 1.29 is 14.1 Å². The van der Waals surface area contributed by atoms with Crippen molar-refractivity contribution in [2.24, 2.45) is 0 Å². The summed E-state index contributed by atoms with van der Waals surface area (Å²) in [7, 11) is -0.386. The highest BCUT2D eigenvalue weighted by molar-refractivity contribution is 6.62. The fourth-order valence-electron chi connectivity index (χ4n) is 3.31. The Morgan fingerprint density at radius 3 is 2.54 bits per heavy atom. The predicted molar refractivity (Wildman–Crippen MR) is 104 cm³/mol. The van der Waals surface area contributed by atoms with E-state index in [1.54, 1.807) is 0 Å². The molecule has 26 heavy (non-hydrogen) atoms. The lowest BCUT2D eigenvalue weighted by molar-refractivity contribution is -0.127. The molecule has 6 nitrogen and oxygen atoms in total. The van der Waals surface area contributed by atoms with Crippen LogP contribution < -0.4 is 10.8 Å². The molecule has 0 unspecified atom stereocenters. The third-order valence-electron chi connectivity index (χ3n) is 5.74. The maximum Gasteiger partial charge on any atom is 0.496 e. The van der Waals surface area contributed by atoms with Crippen molar-refractivity contribution in [3.8, 4) is 0 Å². The number of nitrogens with one attached hydrogen (secondary N) is 1. The molecule has 1 amide bonds. The van der Waals surface area contributed by atoms with Crippen LogP contribution in [-0.2, 0) is 14.1 Å². The Hall–Kier alpha value is -1.60. The van der Waals surface area contributed by atoms with Gasteiger partial charge in [-0.2, -0.15) is 0 Å². The summed E-state index contributed by atoms with van der Waals surface area (Å²) >= 11 is 0. The third-order valence-corrected chi connectivity index (χ3v) is 5.74. The molecule has 2 aliphatic heterocycles. The van der Waals surface area contributed by atoms with Gasteiger partial charge in [-0.3, -0.25) is 4.79 Å². The Labute approximate surface area is 156 Å². The highest BCUT2D eigenvalue weighted by Gasteiger charge is 2.52. The number of carbonyl (C=O) groups is 1. The van der Waals surface area contributed by atoms with Crippen LogP contribution in [-0.4, -0.2) is 53.7 Å². The van der Waals surface area contributed by atoms with Gasteiger partial charge in [0.05, 0.1) is 11.2 Å². The molecule has 142 valence electrons. The number of aromatic nitrogens is 1. The Morgan fingerprint density at radius 2 is 1.96 bits per heavy atom. The van der Waals surface area contributed by atoms with Crippen LogP contribution >= 0.6 is 0 Å². The smallest absolute Gasteiger partial charge is 0.399 e. The molecule has 1 N–H and O–H groups in total. The van der Waals surface area contributed by atoms with E-state index in [0.717, 1.165) is 49.3 Å². The topological polar surface area (TPSA) is 63.7 Å². The van der Waals surface area contributed by atoms with Crippen molar-refractivity contribution >= 4 is 24.3 Å². The van der Waals surface area contributed by atoms with Crippen LogP contribution in [0.4, 0.5) is 5.82 Å². The molecule has 0 aromatic carbocycles. The molecule has 1 aromatic rings. The average molecular weight is 359 g/mol. The van der Waals surface area contributed by atoms with Gasteiger partial charge >= 0.3 is 7.12 Å². The molecule has 0 bridgehead atoms. The van der Waals surface area contributed by atoms with Crippen molar-refractivity contribution in [2.75, 3.05) is 25.0 Å². The quantitative estimate of drug-likeness (QED) is 0.623. The van der Waals surface area contributed by atoms with E-state index in [1.165, 1.54) is 0 Å². The van der Waals surface area contributed by atoms with Crippen molar-refractivity contribution in [3.63, 3.8) is 0 Å². The van der Waals surface area contributed by atoms with Gasteiger partial charge in [0.1, 0.15) is 5.82 Å². The van der Waals surface area contributed by atoms with Crippen LogP contribution in [0.25, 0.3) is 0 Å². The Kier molecular flexibility index (Phi) is 5.31. The standard InChI is InChI=1S/C19H30BN3O3/c1-14-12-16(21-9-7-11-23-10-6-8-17(23)24)22-13-15(14)20-25-18(2,3)19(4,5)26-20/h12-13H,6-11H2,1-5H3,(H,21,22). The maximum absolute atomic E-state index is 11.6. The first kappa shape index (κ1) is 19.2. The third kappa shape index (κ3) is 3.88. The van der Waals surface area contributed by atoms with E-state index < -0.39 is 0 Å². The van der Waals surface area contributed by atoms with E-state index in [4.69, 9.17) is 9.31 Å². The second kappa shape index (κ2) is 7.20. The Morgan fingerprint density at radius 1 is 1.27 bits per heavy atom. The van der Waals surface area contributed by atoms with E-state index in [0.29, 0.717) is 6.42 Å². The molecule has 2 aliphatic rings. The number of nitrogens with zero attached hydrogens (tertiary/aromatic N) is 2. The number of hydrogen-bond acceptors (Lipinski definition) is 5. The first-order valence-electron chi connectivity index (χ1n) is 9.53. The molecule has 3 rings (SSSR count). The average Bonchev–Trinajstić information content (AvgIpc) is 3.04. The second-order valence-electron chi connectivity index (χ2n) is 8.28. The van der Waals surface area contributed by atoms with Crippen LogP contribution in [0.15, 0.2) is 12.3 Å². The number of rotatable bonds is 6. The van der Waals surface area contributed by atoms with Gasteiger partial charge in [0.25, 0.3) is 0 Å². The van der Waals surface area contributed by atoms with Gasteiger partial charge in [-0.1, -0.05) is 0 Å². The fraction of sp³-hybridized carbons (Fsp3) is 0.684. The van der Waals surface area contributed by atoms with Crippen molar-refractivity contribution in [1.82, 2.24) is 9.88 Å². The summed E-state index contributed by atoms with van der Waals surface area (Å²) in [6.07, 6.45) is 4.46. The number of hydrogen-bond donors (Lipinski definition) is 1. The summed E-state index contributed by atoms with van der Waals surface area (Å²) < 4.78 is 12.2. The van der Waals surface area contributed by atoms with Crippen LogP contribution in [0, 0.1) is 6.92 Å². The van der Waals surface area contributed by atoms with E-state index in [2.05, 4.69) is 44.9 Å². The largest absolute Gasteiger partial charge is 0.496 e. The molecule has 0 saturated carbocycles. The fourth-order valence-corrected chi connectivity index (χ4v) is 3.31. The van der Waals surface area contributed by atoms with E-state index in [1.807, 2.05) is 17.2 Å². The SMILES string of the molecule is Cc1cc(NCCCN2CCCC2=O)ncc1B1OC(C)(C)C(C)(C)O1.